The molecule has 4 rings (SSSR count). The molecule has 8 heteroatoms. The second-order valence-electron chi connectivity index (χ2n) is 7.11. The Morgan fingerprint density at radius 3 is 2.85 bits per heavy atom. The summed E-state index contributed by atoms with van der Waals surface area (Å²) in [6, 6.07) is 5.34. The molecule has 2 aliphatic rings. The van der Waals surface area contributed by atoms with Gasteiger partial charge in [0.1, 0.15) is 11.6 Å². The first-order valence-electron chi connectivity index (χ1n) is 9.33. The normalized spacial score (nSPS) is 18.3. The van der Waals surface area contributed by atoms with Gasteiger partial charge in [-0.2, -0.15) is 0 Å². The lowest BCUT2D eigenvalue weighted by Gasteiger charge is -2.36. The Balaban J connectivity index is 1.49. The number of benzene rings is 1. The maximum absolute atomic E-state index is 13.2. The van der Waals surface area contributed by atoms with Crippen LogP contribution in [0.1, 0.15) is 36.5 Å². The van der Waals surface area contributed by atoms with Crippen LogP contribution in [0.25, 0.3) is 0 Å². The van der Waals surface area contributed by atoms with Crippen LogP contribution in [0.5, 0.6) is 0 Å². The van der Waals surface area contributed by atoms with Gasteiger partial charge < -0.3 is 14.6 Å². The summed E-state index contributed by atoms with van der Waals surface area (Å²) in [5, 5.41) is 12.7. The quantitative estimate of drug-likeness (QED) is 0.825. The number of aryl methyl sites for hydroxylation is 1. The van der Waals surface area contributed by atoms with E-state index in [1.807, 2.05) is 6.07 Å². The molecule has 0 aliphatic carbocycles. The van der Waals surface area contributed by atoms with Crippen molar-refractivity contribution in [3.63, 3.8) is 0 Å². The van der Waals surface area contributed by atoms with Gasteiger partial charge in [0.15, 0.2) is 0 Å². The summed E-state index contributed by atoms with van der Waals surface area (Å²) in [4.78, 5) is 13.2. The molecule has 0 unspecified atom stereocenters. The minimum Gasteiger partial charge on any atom is -0.381 e. The molecule has 144 valence electrons. The average Bonchev–Trinajstić information content (AvgIpc) is 3.27. The molecule has 1 saturated heterocycles. The van der Waals surface area contributed by atoms with Crippen LogP contribution in [0.15, 0.2) is 18.2 Å². The van der Waals surface area contributed by atoms with Gasteiger partial charge in [-0.3, -0.25) is 4.79 Å². The molecule has 1 N–H and O–H groups in total. The molecule has 27 heavy (non-hydrogen) atoms. The van der Waals surface area contributed by atoms with Crippen molar-refractivity contribution in [1.29, 1.82) is 0 Å². The van der Waals surface area contributed by atoms with E-state index in [4.69, 9.17) is 27.9 Å². The molecular weight excluding hydrogens is 387 g/mol. The molecule has 2 aromatic rings. The predicted molar refractivity (Wildman–Crippen MR) is 103 cm³/mol. The van der Waals surface area contributed by atoms with Gasteiger partial charge in [-0.15, -0.1) is 10.2 Å². The summed E-state index contributed by atoms with van der Waals surface area (Å²) >= 11 is 12.5. The van der Waals surface area contributed by atoms with E-state index >= 15 is 0 Å². The van der Waals surface area contributed by atoms with Crippen molar-refractivity contribution >= 4 is 29.1 Å². The van der Waals surface area contributed by atoms with Gasteiger partial charge in [-0.1, -0.05) is 29.3 Å². The Morgan fingerprint density at radius 2 is 2.07 bits per heavy atom. The number of nitrogens with zero attached hydrogens (tertiary/aromatic N) is 3. The zero-order valence-electron chi connectivity index (χ0n) is 15.0. The summed E-state index contributed by atoms with van der Waals surface area (Å²) in [5.74, 6) is 1.97. The minimum absolute atomic E-state index is 0.0174. The highest BCUT2D eigenvalue weighted by Crippen LogP contribution is 2.39. The fourth-order valence-electron chi connectivity index (χ4n) is 4.07. The second kappa shape index (κ2) is 7.78. The molecule has 0 atom stereocenters. The fraction of sp³-hybridized carbons (Fsp3) is 0.526. The SMILES string of the molecule is O=C(NCCc1nnc2n1CCC2)C1(c2ccc(Cl)cc2Cl)CCOCC1. The number of aromatic nitrogens is 3. The van der Waals surface area contributed by atoms with Crippen molar-refractivity contribution in [3.05, 3.63) is 45.5 Å². The third kappa shape index (κ3) is 3.58. The number of carbonyl (C=O) groups is 1. The molecule has 0 spiro atoms. The van der Waals surface area contributed by atoms with E-state index in [2.05, 4.69) is 20.1 Å². The average molecular weight is 409 g/mol. The Labute approximate surface area is 168 Å². The number of halogens is 2. The molecular formula is C19H22Cl2N4O2. The van der Waals surface area contributed by atoms with Crippen molar-refractivity contribution in [3.8, 4) is 0 Å². The lowest BCUT2D eigenvalue weighted by Crippen LogP contribution is -2.48. The van der Waals surface area contributed by atoms with Gasteiger partial charge in [0.05, 0.1) is 5.41 Å². The van der Waals surface area contributed by atoms with Crippen LogP contribution in [0.2, 0.25) is 10.0 Å². The molecule has 2 aliphatic heterocycles. The van der Waals surface area contributed by atoms with Crippen molar-refractivity contribution in [1.82, 2.24) is 20.1 Å². The van der Waals surface area contributed by atoms with Crippen LogP contribution in [-0.4, -0.2) is 40.4 Å². The third-order valence-corrected chi connectivity index (χ3v) is 6.10. The van der Waals surface area contributed by atoms with Gasteiger partial charge in [0.25, 0.3) is 0 Å². The summed E-state index contributed by atoms with van der Waals surface area (Å²) in [6.07, 6.45) is 3.96. The second-order valence-corrected chi connectivity index (χ2v) is 7.96. The Morgan fingerprint density at radius 1 is 1.26 bits per heavy atom. The predicted octanol–water partition coefficient (Wildman–Crippen LogP) is 2.94. The van der Waals surface area contributed by atoms with Crippen molar-refractivity contribution in [2.75, 3.05) is 19.8 Å². The van der Waals surface area contributed by atoms with Crippen LogP contribution >= 0.6 is 23.2 Å². The number of rotatable bonds is 5. The third-order valence-electron chi connectivity index (χ3n) is 5.55. The highest BCUT2D eigenvalue weighted by molar-refractivity contribution is 6.35. The van der Waals surface area contributed by atoms with Crippen LogP contribution < -0.4 is 5.32 Å². The van der Waals surface area contributed by atoms with E-state index in [-0.39, 0.29) is 5.91 Å². The van der Waals surface area contributed by atoms with E-state index in [1.54, 1.807) is 12.1 Å². The van der Waals surface area contributed by atoms with E-state index in [9.17, 15) is 4.79 Å². The van der Waals surface area contributed by atoms with Crippen molar-refractivity contribution < 1.29 is 9.53 Å². The van der Waals surface area contributed by atoms with Crippen LogP contribution in [0, 0.1) is 0 Å². The Hall–Kier alpha value is -1.63. The standard InChI is InChI=1S/C19H22Cl2N4O2/c20-13-3-4-14(15(21)12-13)19(6-10-27-11-7-19)18(26)22-8-5-17-24-23-16-2-1-9-25(16)17/h3-4,12H,1-2,5-11H2,(H,22,26). The number of ether oxygens (including phenoxy) is 1. The van der Waals surface area contributed by atoms with Crippen LogP contribution in [0.3, 0.4) is 0 Å². The maximum atomic E-state index is 13.2. The Kier molecular flexibility index (Phi) is 5.39. The smallest absolute Gasteiger partial charge is 0.230 e. The molecule has 1 aromatic carbocycles. The molecule has 0 saturated carbocycles. The molecule has 1 amide bonds. The van der Waals surface area contributed by atoms with Gasteiger partial charge in [0, 0.05) is 49.2 Å². The van der Waals surface area contributed by atoms with E-state index in [0.29, 0.717) is 49.1 Å². The number of nitrogens with one attached hydrogen (secondary N) is 1. The Bertz CT molecular complexity index is 846. The first kappa shape index (κ1) is 18.7. The number of hydrogen-bond acceptors (Lipinski definition) is 4. The number of carbonyl (C=O) groups excluding carboxylic acids is 1. The number of hydrogen-bond donors (Lipinski definition) is 1. The maximum Gasteiger partial charge on any atom is 0.230 e. The molecule has 1 aromatic heterocycles. The van der Waals surface area contributed by atoms with Gasteiger partial charge in [0.2, 0.25) is 5.91 Å². The summed E-state index contributed by atoms with van der Waals surface area (Å²) in [7, 11) is 0. The molecule has 3 heterocycles. The van der Waals surface area contributed by atoms with E-state index in [0.717, 1.165) is 36.6 Å². The van der Waals surface area contributed by atoms with Gasteiger partial charge >= 0.3 is 0 Å². The minimum atomic E-state index is -0.688. The largest absolute Gasteiger partial charge is 0.381 e. The van der Waals surface area contributed by atoms with Crippen molar-refractivity contribution in [2.45, 2.75) is 44.1 Å². The number of fused-ring (bicyclic) bond motifs is 1. The summed E-state index contributed by atoms with van der Waals surface area (Å²) in [6.45, 7) is 2.55. The molecule has 0 bridgehead atoms. The zero-order valence-corrected chi connectivity index (χ0v) is 16.5. The van der Waals surface area contributed by atoms with Crippen molar-refractivity contribution in [2.24, 2.45) is 0 Å². The van der Waals surface area contributed by atoms with Crippen LogP contribution in [-0.2, 0) is 34.3 Å². The number of amides is 1. The monoisotopic (exact) mass is 408 g/mol. The highest BCUT2D eigenvalue weighted by Gasteiger charge is 2.42. The zero-order chi connectivity index (χ0) is 18.9. The van der Waals surface area contributed by atoms with E-state index in [1.165, 1.54) is 0 Å². The summed E-state index contributed by atoms with van der Waals surface area (Å²) in [5.41, 5.74) is 0.130. The van der Waals surface area contributed by atoms with Gasteiger partial charge in [-0.25, -0.2) is 0 Å². The first-order chi connectivity index (χ1) is 13.1. The lowest BCUT2D eigenvalue weighted by atomic mass is 9.73. The lowest BCUT2D eigenvalue weighted by molar-refractivity contribution is -0.130. The van der Waals surface area contributed by atoms with Gasteiger partial charge in [-0.05, 0) is 37.0 Å². The first-order valence-corrected chi connectivity index (χ1v) is 10.1. The molecule has 1 fully saturated rings. The molecule has 0 radical (unpaired) electrons. The topological polar surface area (TPSA) is 69.0 Å². The van der Waals surface area contributed by atoms with E-state index < -0.39 is 5.41 Å². The molecule has 6 nitrogen and oxygen atoms in total. The summed E-state index contributed by atoms with van der Waals surface area (Å²) < 4.78 is 7.66. The van der Waals surface area contributed by atoms with Crippen LogP contribution in [0.4, 0.5) is 0 Å². The fourth-order valence-corrected chi connectivity index (χ4v) is 4.66. The highest BCUT2D eigenvalue weighted by atomic mass is 35.5.